The van der Waals surface area contributed by atoms with Crippen molar-refractivity contribution in [3.05, 3.63) is 11.6 Å². The van der Waals surface area contributed by atoms with E-state index < -0.39 is 0 Å². The fourth-order valence-electron chi connectivity index (χ4n) is 1.35. The molecule has 1 rings (SSSR count). The minimum absolute atomic E-state index is 0.172. The first-order chi connectivity index (χ1) is 6.11. The molecule has 0 fully saturated rings. The molecule has 0 aromatic heterocycles. The van der Waals surface area contributed by atoms with Crippen LogP contribution in [0.5, 0.6) is 0 Å². The predicted octanol–water partition coefficient (Wildman–Crippen LogP) is 0.0724. The van der Waals surface area contributed by atoms with Gasteiger partial charge in [0.2, 0.25) is 0 Å². The average molecular weight is 183 g/mol. The third-order valence-electron chi connectivity index (χ3n) is 2.18. The van der Waals surface area contributed by atoms with Gasteiger partial charge in [-0.1, -0.05) is 6.92 Å². The molecule has 1 atom stereocenters. The van der Waals surface area contributed by atoms with Gasteiger partial charge in [0.25, 0.3) is 11.8 Å². The molecular formula is C9H13NO3. The molecule has 1 aliphatic heterocycles. The molecule has 1 heterocycles. The summed E-state index contributed by atoms with van der Waals surface area (Å²) in [7, 11) is 0. The van der Waals surface area contributed by atoms with Crippen LogP contribution in [-0.2, 0) is 9.59 Å². The largest absolute Gasteiger partial charge is 0.394 e. The molecule has 0 aliphatic carbocycles. The first-order valence-electron chi connectivity index (χ1n) is 4.28. The van der Waals surface area contributed by atoms with Gasteiger partial charge < -0.3 is 5.11 Å². The Morgan fingerprint density at radius 1 is 1.54 bits per heavy atom. The van der Waals surface area contributed by atoms with Gasteiger partial charge in [-0.25, -0.2) is 0 Å². The molecule has 13 heavy (non-hydrogen) atoms. The molecule has 0 aromatic carbocycles. The van der Waals surface area contributed by atoms with E-state index in [0.717, 1.165) is 4.90 Å². The number of hydrogen-bond acceptors (Lipinski definition) is 3. The van der Waals surface area contributed by atoms with Gasteiger partial charge >= 0.3 is 0 Å². The molecule has 0 spiro atoms. The molecule has 0 saturated heterocycles. The predicted molar refractivity (Wildman–Crippen MR) is 46.8 cm³/mol. The Morgan fingerprint density at radius 2 is 2.15 bits per heavy atom. The van der Waals surface area contributed by atoms with Crippen molar-refractivity contribution in [2.75, 3.05) is 6.61 Å². The van der Waals surface area contributed by atoms with E-state index in [2.05, 4.69) is 0 Å². The van der Waals surface area contributed by atoms with Crippen molar-refractivity contribution in [2.24, 2.45) is 0 Å². The molecule has 4 heteroatoms. The van der Waals surface area contributed by atoms with Crippen LogP contribution in [0, 0.1) is 0 Å². The third kappa shape index (κ3) is 1.62. The second-order valence-electron chi connectivity index (χ2n) is 3.09. The summed E-state index contributed by atoms with van der Waals surface area (Å²) in [5.41, 5.74) is 0.442. The number of carbonyl (C=O) groups excluding carboxylic acids is 2. The molecular weight excluding hydrogens is 170 g/mol. The van der Waals surface area contributed by atoms with Crippen molar-refractivity contribution in [1.29, 1.82) is 0 Å². The molecule has 1 N–H and O–H groups in total. The van der Waals surface area contributed by atoms with Crippen LogP contribution < -0.4 is 0 Å². The van der Waals surface area contributed by atoms with E-state index in [9.17, 15) is 9.59 Å². The fourth-order valence-corrected chi connectivity index (χ4v) is 1.35. The fraction of sp³-hybridized carbons (Fsp3) is 0.556. The zero-order valence-corrected chi connectivity index (χ0v) is 7.78. The molecule has 0 bridgehead atoms. The minimum Gasteiger partial charge on any atom is -0.394 e. The first kappa shape index (κ1) is 9.92. The summed E-state index contributed by atoms with van der Waals surface area (Å²) in [5, 5.41) is 8.94. The number of hydrogen-bond donors (Lipinski definition) is 1. The van der Waals surface area contributed by atoms with Crippen LogP contribution in [0.1, 0.15) is 20.3 Å². The minimum atomic E-state index is -0.381. The van der Waals surface area contributed by atoms with Gasteiger partial charge in [-0.15, -0.1) is 0 Å². The highest BCUT2D eigenvalue weighted by Crippen LogP contribution is 2.16. The number of aliphatic hydroxyl groups is 1. The SMILES string of the molecule is CCC(CO)N1C(=O)C=C(C)C1=O. The Hall–Kier alpha value is -1.16. The third-order valence-corrected chi connectivity index (χ3v) is 2.18. The standard InChI is InChI=1S/C9H13NO3/c1-3-7(5-11)10-8(12)4-6(2)9(10)13/h4,7,11H,3,5H2,1-2H3. The molecule has 1 aliphatic rings. The highest BCUT2D eigenvalue weighted by atomic mass is 16.3. The van der Waals surface area contributed by atoms with Gasteiger partial charge in [-0.05, 0) is 13.3 Å². The lowest BCUT2D eigenvalue weighted by Gasteiger charge is -2.23. The lowest BCUT2D eigenvalue weighted by atomic mass is 10.2. The van der Waals surface area contributed by atoms with Gasteiger partial charge in [0.1, 0.15) is 0 Å². The van der Waals surface area contributed by atoms with E-state index in [1.165, 1.54) is 6.08 Å². The first-order valence-corrected chi connectivity index (χ1v) is 4.28. The van der Waals surface area contributed by atoms with Gasteiger partial charge in [0.05, 0.1) is 12.6 Å². The maximum atomic E-state index is 11.4. The maximum Gasteiger partial charge on any atom is 0.256 e. The van der Waals surface area contributed by atoms with Gasteiger partial charge in [0.15, 0.2) is 0 Å². The zero-order valence-electron chi connectivity index (χ0n) is 7.78. The van der Waals surface area contributed by atoms with Crippen LogP contribution in [0.2, 0.25) is 0 Å². The van der Waals surface area contributed by atoms with Gasteiger partial charge in [-0.3, -0.25) is 14.5 Å². The molecule has 0 saturated carbocycles. The average Bonchev–Trinajstić information content (AvgIpc) is 2.34. The summed E-state index contributed by atoms with van der Waals surface area (Å²) in [5.74, 6) is -0.602. The second kappa shape index (κ2) is 3.70. The van der Waals surface area contributed by atoms with Crippen molar-refractivity contribution in [1.82, 2.24) is 4.90 Å². The highest BCUT2D eigenvalue weighted by Gasteiger charge is 2.33. The van der Waals surface area contributed by atoms with Crippen LogP contribution >= 0.6 is 0 Å². The summed E-state index contributed by atoms with van der Waals surface area (Å²) in [6.45, 7) is 3.26. The lowest BCUT2D eigenvalue weighted by Crippen LogP contribution is -2.42. The van der Waals surface area contributed by atoms with Crippen LogP contribution in [0.15, 0.2) is 11.6 Å². The van der Waals surface area contributed by atoms with Crippen molar-refractivity contribution >= 4 is 11.8 Å². The topological polar surface area (TPSA) is 57.6 Å². The van der Waals surface area contributed by atoms with Crippen molar-refractivity contribution in [2.45, 2.75) is 26.3 Å². The normalized spacial score (nSPS) is 19.3. The van der Waals surface area contributed by atoms with E-state index in [1.54, 1.807) is 6.92 Å². The van der Waals surface area contributed by atoms with Gasteiger partial charge in [0, 0.05) is 11.6 Å². The zero-order chi connectivity index (χ0) is 10.0. The van der Waals surface area contributed by atoms with Crippen molar-refractivity contribution in [3.8, 4) is 0 Å². The van der Waals surface area contributed by atoms with E-state index in [4.69, 9.17) is 5.11 Å². The lowest BCUT2D eigenvalue weighted by molar-refractivity contribution is -0.141. The number of imide groups is 1. The van der Waals surface area contributed by atoms with Crippen LogP contribution in [0.4, 0.5) is 0 Å². The molecule has 72 valence electrons. The number of aliphatic hydroxyl groups excluding tert-OH is 1. The Bertz CT molecular complexity index is 266. The maximum absolute atomic E-state index is 11.4. The van der Waals surface area contributed by atoms with Crippen molar-refractivity contribution < 1.29 is 14.7 Å². The monoisotopic (exact) mass is 183 g/mol. The van der Waals surface area contributed by atoms with Crippen LogP contribution in [-0.4, -0.2) is 34.5 Å². The van der Waals surface area contributed by atoms with E-state index in [-0.39, 0.29) is 24.5 Å². The Kier molecular flexibility index (Phi) is 2.83. The van der Waals surface area contributed by atoms with Crippen LogP contribution in [0.25, 0.3) is 0 Å². The Balaban J connectivity index is 2.83. The summed E-state index contributed by atoms with van der Waals surface area (Å²) in [6.07, 6.45) is 1.88. The smallest absolute Gasteiger partial charge is 0.256 e. The van der Waals surface area contributed by atoms with E-state index in [0.29, 0.717) is 12.0 Å². The van der Waals surface area contributed by atoms with Gasteiger partial charge in [-0.2, -0.15) is 0 Å². The molecule has 0 radical (unpaired) electrons. The molecule has 1 unspecified atom stereocenters. The summed E-state index contributed by atoms with van der Waals surface area (Å²) in [6, 6.07) is -0.381. The number of carbonyl (C=O) groups is 2. The van der Waals surface area contributed by atoms with E-state index in [1.807, 2.05) is 6.92 Å². The Labute approximate surface area is 76.8 Å². The summed E-state index contributed by atoms with van der Waals surface area (Å²) >= 11 is 0. The quantitative estimate of drug-likeness (QED) is 0.630. The summed E-state index contributed by atoms with van der Waals surface area (Å²) < 4.78 is 0. The number of nitrogens with zero attached hydrogens (tertiary/aromatic N) is 1. The molecule has 0 aromatic rings. The molecule has 4 nitrogen and oxygen atoms in total. The number of amides is 2. The molecule has 2 amide bonds. The Morgan fingerprint density at radius 3 is 2.46 bits per heavy atom. The van der Waals surface area contributed by atoms with Crippen LogP contribution in [0.3, 0.4) is 0 Å². The van der Waals surface area contributed by atoms with Crippen molar-refractivity contribution in [3.63, 3.8) is 0 Å². The second-order valence-corrected chi connectivity index (χ2v) is 3.09. The highest BCUT2D eigenvalue weighted by molar-refractivity contribution is 6.16. The number of rotatable bonds is 3. The summed E-state index contributed by atoms with van der Waals surface area (Å²) in [4.78, 5) is 23.8. The van der Waals surface area contributed by atoms with E-state index >= 15 is 0 Å².